The van der Waals surface area contributed by atoms with E-state index in [-0.39, 0.29) is 6.10 Å². The average molecular weight is 224 g/mol. The molecule has 0 spiro atoms. The quantitative estimate of drug-likeness (QED) is 0.812. The Morgan fingerprint density at radius 1 is 1.40 bits per heavy atom. The topological polar surface area (TPSA) is 20.2 Å². The van der Waals surface area contributed by atoms with Crippen LogP contribution in [-0.4, -0.2) is 11.2 Å². The maximum absolute atomic E-state index is 9.93. The van der Waals surface area contributed by atoms with E-state index >= 15 is 0 Å². The Bertz CT molecular complexity index is 301. The van der Waals surface area contributed by atoms with Gasteiger partial charge >= 0.3 is 0 Å². The molecule has 1 heterocycles. The van der Waals surface area contributed by atoms with Gasteiger partial charge in [-0.3, -0.25) is 0 Å². The van der Waals surface area contributed by atoms with Gasteiger partial charge in [0.1, 0.15) is 0 Å². The van der Waals surface area contributed by atoms with Gasteiger partial charge in [0.05, 0.1) is 6.10 Å². The molecule has 15 heavy (non-hydrogen) atoms. The molecule has 1 atom stereocenters. The zero-order chi connectivity index (χ0) is 10.7. The van der Waals surface area contributed by atoms with E-state index in [0.29, 0.717) is 0 Å². The van der Waals surface area contributed by atoms with Crippen LogP contribution < -0.4 is 0 Å². The highest BCUT2D eigenvalue weighted by Gasteiger charge is 2.21. The van der Waals surface area contributed by atoms with Crippen LogP contribution in [0.3, 0.4) is 0 Å². The Kier molecular flexibility index (Phi) is 3.81. The van der Waals surface area contributed by atoms with E-state index in [1.165, 1.54) is 29.0 Å². The highest BCUT2D eigenvalue weighted by Crippen LogP contribution is 2.31. The molecule has 1 aliphatic rings. The molecule has 1 fully saturated rings. The smallest absolute Gasteiger partial charge is 0.0591 e. The minimum Gasteiger partial charge on any atom is -0.393 e. The van der Waals surface area contributed by atoms with Crippen molar-refractivity contribution in [1.82, 2.24) is 0 Å². The summed E-state index contributed by atoms with van der Waals surface area (Å²) in [5, 5.41) is 9.93. The van der Waals surface area contributed by atoms with E-state index in [1.807, 2.05) is 11.3 Å². The molecule has 1 saturated carbocycles. The number of aliphatic hydroxyl groups excluding tert-OH is 1. The first-order valence-electron chi connectivity index (χ1n) is 6.03. The lowest BCUT2D eigenvalue weighted by Gasteiger charge is -2.27. The standard InChI is InChI=1S/C13H20OS/c1-2-12-6-7-13(15-12)9-11(14)8-10-4-3-5-10/h6-7,10-11,14H,2-5,8-9H2,1H3. The molecule has 2 heteroatoms. The molecule has 0 aliphatic heterocycles. The fraction of sp³-hybridized carbons (Fsp3) is 0.692. The summed E-state index contributed by atoms with van der Waals surface area (Å²) in [6.45, 7) is 2.18. The van der Waals surface area contributed by atoms with Crippen LogP contribution in [-0.2, 0) is 12.8 Å². The van der Waals surface area contributed by atoms with Gasteiger partial charge in [0.15, 0.2) is 0 Å². The summed E-state index contributed by atoms with van der Waals surface area (Å²) in [7, 11) is 0. The molecule has 1 unspecified atom stereocenters. The lowest BCUT2D eigenvalue weighted by molar-refractivity contribution is 0.118. The van der Waals surface area contributed by atoms with E-state index in [9.17, 15) is 5.11 Å². The SMILES string of the molecule is CCc1ccc(CC(O)CC2CCC2)s1. The second-order valence-corrected chi connectivity index (χ2v) is 5.87. The van der Waals surface area contributed by atoms with E-state index in [2.05, 4.69) is 19.1 Å². The van der Waals surface area contributed by atoms with Crippen molar-refractivity contribution in [3.63, 3.8) is 0 Å². The van der Waals surface area contributed by atoms with Gasteiger partial charge in [-0.1, -0.05) is 26.2 Å². The van der Waals surface area contributed by atoms with Crippen LogP contribution >= 0.6 is 11.3 Å². The molecule has 0 bridgehead atoms. The van der Waals surface area contributed by atoms with Gasteiger partial charge in [-0.25, -0.2) is 0 Å². The first-order chi connectivity index (χ1) is 7.28. The van der Waals surface area contributed by atoms with Crippen molar-refractivity contribution in [2.75, 3.05) is 0 Å². The Balaban J connectivity index is 1.79. The Hall–Kier alpha value is -0.340. The molecule has 2 rings (SSSR count). The minimum absolute atomic E-state index is 0.112. The normalized spacial score (nSPS) is 18.8. The monoisotopic (exact) mass is 224 g/mol. The summed E-state index contributed by atoms with van der Waals surface area (Å²) >= 11 is 1.85. The lowest BCUT2D eigenvalue weighted by Crippen LogP contribution is -2.20. The predicted octanol–water partition coefficient (Wildman–Crippen LogP) is 3.40. The molecular weight excluding hydrogens is 204 g/mol. The number of hydrogen-bond donors (Lipinski definition) is 1. The van der Waals surface area contributed by atoms with Crippen LogP contribution in [0, 0.1) is 5.92 Å². The molecule has 1 N–H and O–H groups in total. The van der Waals surface area contributed by atoms with Crippen molar-refractivity contribution < 1.29 is 5.11 Å². The van der Waals surface area contributed by atoms with E-state index in [4.69, 9.17) is 0 Å². The molecule has 0 amide bonds. The second kappa shape index (κ2) is 5.13. The van der Waals surface area contributed by atoms with Crippen molar-refractivity contribution in [3.05, 3.63) is 21.9 Å². The van der Waals surface area contributed by atoms with Crippen LogP contribution in [0.4, 0.5) is 0 Å². The highest BCUT2D eigenvalue weighted by molar-refractivity contribution is 7.11. The van der Waals surface area contributed by atoms with Gasteiger partial charge in [0.2, 0.25) is 0 Å². The van der Waals surface area contributed by atoms with Crippen LogP contribution in [0.5, 0.6) is 0 Å². The fourth-order valence-electron chi connectivity index (χ4n) is 2.15. The third kappa shape index (κ3) is 3.05. The summed E-state index contributed by atoms with van der Waals surface area (Å²) in [4.78, 5) is 2.78. The van der Waals surface area contributed by atoms with Crippen molar-refractivity contribution in [3.8, 4) is 0 Å². The molecule has 0 saturated heterocycles. The highest BCUT2D eigenvalue weighted by atomic mass is 32.1. The number of aliphatic hydroxyl groups is 1. The molecule has 1 aromatic heterocycles. The van der Waals surface area contributed by atoms with E-state index in [0.717, 1.165) is 25.2 Å². The summed E-state index contributed by atoms with van der Waals surface area (Å²) in [5.74, 6) is 0.811. The molecular formula is C13H20OS. The molecule has 84 valence electrons. The summed E-state index contributed by atoms with van der Waals surface area (Å²) in [5.41, 5.74) is 0. The summed E-state index contributed by atoms with van der Waals surface area (Å²) in [6.07, 6.45) is 6.92. The second-order valence-electron chi connectivity index (χ2n) is 4.61. The van der Waals surface area contributed by atoms with Gasteiger partial charge in [-0.05, 0) is 30.9 Å². The van der Waals surface area contributed by atoms with Crippen LogP contribution in [0.1, 0.15) is 42.4 Å². The van der Waals surface area contributed by atoms with E-state index < -0.39 is 0 Å². The van der Waals surface area contributed by atoms with Gasteiger partial charge in [-0.15, -0.1) is 11.3 Å². The van der Waals surface area contributed by atoms with Gasteiger partial charge in [0, 0.05) is 16.2 Å². The minimum atomic E-state index is -0.112. The van der Waals surface area contributed by atoms with Crippen molar-refractivity contribution in [2.24, 2.45) is 5.92 Å². The maximum Gasteiger partial charge on any atom is 0.0591 e. The van der Waals surface area contributed by atoms with Crippen LogP contribution in [0.15, 0.2) is 12.1 Å². The molecule has 1 aliphatic carbocycles. The van der Waals surface area contributed by atoms with Gasteiger partial charge in [0.25, 0.3) is 0 Å². The Labute approximate surface area is 96.1 Å². The largest absolute Gasteiger partial charge is 0.393 e. The zero-order valence-corrected chi connectivity index (χ0v) is 10.2. The van der Waals surface area contributed by atoms with Gasteiger partial charge < -0.3 is 5.11 Å². The number of aryl methyl sites for hydroxylation is 1. The van der Waals surface area contributed by atoms with E-state index in [1.54, 1.807) is 0 Å². The third-order valence-electron chi connectivity index (χ3n) is 3.33. The number of hydrogen-bond acceptors (Lipinski definition) is 2. The zero-order valence-electron chi connectivity index (χ0n) is 9.41. The summed E-state index contributed by atoms with van der Waals surface area (Å²) in [6, 6.07) is 4.36. The van der Waals surface area contributed by atoms with Gasteiger partial charge in [-0.2, -0.15) is 0 Å². The fourth-order valence-corrected chi connectivity index (χ4v) is 3.18. The molecule has 1 nitrogen and oxygen atoms in total. The maximum atomic E-state index is 9.93. The third-order valence-corrected chi connectivity index (χ3v) is 4.58. The molecule has 0 radical (unpaired) electrons. The molecule has 1 aromatic rings. The first-order valence-corrected chi connectivity index (χ1v) is 6.85. The Morgan fingerprint density at radius 3 is 2.67 bits per heavy atom. The van der Waals surface area contributed by atoms with Crippen molar-refractivity contribution >= 4 is 11.3 Å². The van der Waals surface area contributed by atoms with Crippen LogP contribution in [0.2, 0.25) is 0 Å². The van der Waals surface area contributed by atoms with Crippen molar-refractivity contribution in [2.45, 2.75) is 51.6 Å². The van der Waals surface area contributed by atoms with Crippen molar-refractivity contribution in [1.29, 1.82) is 0 Å². The lowest BCUT2D eigenvalue weighted by atomic mass is 9.81. The first kappa shape index (κ1) is 11.2. The van der Waals surface area contributed by atoms with Crippen LogP contribution in [0.25, 0.3) is 0 Å². The number of thiophene rings is 1. The average Bonchev–Trinajstić information content (AvgIpc) is 2.59. The Morgan fingerprint density at radius 2 is 2.13 bits per heavy atom. The predicted molar refractivity (Wildman–Crippen MR) is 65.4 cm³/mol. The molecule has 0 aromatic carbocycles. The number of rotatable bonds is 5. The summed E-state index contributed by atoms with van der Waals surface area (Å²) < 4.78 is 0.